The maximum absolute atomic E-state index is 12.0. The summed E-state index contributed by atoms with van der Waals surface area (Å²) in [5.74, 6) is -1.23. The highest BCUT2D eigenvalue weighted by molar-refractivity contribution is 5.90. The lowest BCUT2D eigenvalue weighted by Crippen LogP contribution is -2.14. The molecular weight excluding hydrogens is 334 g/mol. The van der Waals surface area contributed by atoms with E-state index in [1.165, 1.54) is 28.2 Å². The van der Waals surface area contributed by atoms with Crippen molar-refractivity contribution in [1.82, 2.24) is 19.6 Å². The SMILES string of the molecule is Cc1ccccc1Cn1cc(NC(=O)CCn2cc(C(=O)O)cn2)cn1. The Morgan fingerprint density at radius 3 is 2.62 bits per heavy atom. The molecule has 0 aliphatic carbocycles. The summed E-state index contributed by atoms with van der Waals surface area (Å²) in [5, 5.41) is 19.8. The lowest BCUT2D eigenvalue weighted by atomic mass is 10.1. The number of carbonyl (C=O) groups excluding carboxylic acids is 1. The second kappa shape index (κ2) is 7.64. The van der Waals surface area contributed by atoms with E-state index in [0.29, 0.717) is 18.8 Å². The highest BCUT2D eigenvalue weighted by atomic mass is 16.4. The number of rotatable bonds is 7. The maximum atomic E-state index is 12.0. The minimum atomic E-state index is -1.04. The Hall–Kier alpha value is -3.42. The molecule has 0 saturated heterocycles. The molecule has 0 atom stereocenters. The zero-order valence-corrected chi connectivity index (χ0v) is 14.3. The van der Waals surface area contributed by atoms with Crippen LogP contribution in [0.1, 0.15) is 27.9 Å². The molecule has 8 heteroatoms. The molecule has 0 saturated carbocycles. The zero-order chi connectivity index (χ0) is 18.5. The number of nitrogens with zero attached hydrogens (tertiary/aromatic N) is 4. The van der Waals surface area contributed by atoms with Crippen LogP contribution < -0.4 is 5.32 Å². The second-order valence-electron chi connectivity index (χ2n) is 5.95. The van der Waals surface area contributed by atoms with Gasteiger partial charge in [0.25, 0.3) is 0 Å². The summed E-state index contributed by atoms with van der Waals surface area (Å²) < 4.78 is 3.20. The van der Waals surface area contributed by atoms with Crippen molar-refractivity contribution in [1.29, 1.82) is 0 Å². The Bertz CT molecular complexity index is 928. The van der Waals surface area contributed by atoms with Gasteiger partial charge in [-0.05, 0) is 18.1 Å². The first kappa shape index (κ1) is 17.4. The van der Waals surface area contributed by atoms with Gasteiger partial charge in [-0.15, -0.1) is 0 Å². The molecule has 0 radical (unpaired) electrons. The van der Waals surface area contributed by atoms with Crippen LogP contribution in [0.3, 0.4) is 0 Å². The molecule has 3 aromatic rings. The number of benzene rings is 1. The van der Waals surface area contributed by atoms with E-state index in [0.717, 1.165) is 0 Å². The molecule has 0 aliphatic rings. The third kappa shape index (κ3) is 4.35. The van der Waals surface area contributed by atoms with E-state index in [4.69, 9.17) is 5.11 Å². The third-order valence-corrected chi connectivity index (χ3v) is 3.96. The van der Waals surface area contributed by atoms with Crippen LogP contribution in [0.4, 0.5) is 5.69 Å². The molecule has 2 heterocycles. The summed E-state index contributed by atoms with van der Waals surface area (Å²) in [4.78, 5) is 22.8. The molecule has 2 N–H and O–H groups in total. The standard InChI is InChI=1S/C18H19N5O3/c1-13-4-2-3-5-14(13)10-23-12-16(9-20-23)21-17(24)6-7-22-11-15(8-19-22)18(25)26/h2-5,8-9,11-12H,6-7,10H2,1H3,(H,21,24)(H,25,26). The van der Waals surface area contributed by atoms with Gasteiger partial charge in [0.05, 0.1) is 30.2 Å². The van der Waals surface area contributed by atoms with Crippen molar-refractivity contribution in [2.24, 2.45) is 0 Å². The van der Waals surface area contributed by atoms with Crippen LogP contribution in [0, 0.1) is 6.92 Å². The van der Waals surface area contributed by atoms with E-state index in [1.807, 2.05) is 31.2 Å². The number of aromatic nitrogens is 4. The monoisotopic (exact) mass is 353 g/mol. The Balaban J connectivity index is 1.52. The molecule has 0 unspecified atom stereocenters. The topological polar surface area (TPSA) is 102 Å². The first-order valence-electron chi connectivity index (χ1n) is 8.14. The number of carboxylic acids is 1. The summed E-state index contributed by atoms with van der Waals surface area (Å²) in [6.07, 6.45) is 6.22. The van der Waals surface area contributed by atoms with Gasteiger partial charge in [0.15, 0.2) is 0 Å². The van der Waals surface area contributed by atoms with E-state index in [-0.39, 0.29) is 17.9 Å². The van der Waals surface area contributed by atoms with Gasteiger partial charge in [-0.25, -0.2) is 4.79 Å². The fourth-order valence-corrected chi connectivity index (χ4v) is 2.51. The molecule has 1 aromatic carbocycles. The molecule has 0 aliphatic heterocycles. The first-order chi connectivity index (χ1) is 12.5. The van der Waals surface area contributed by atoms with Crippen molar-refractivity contribution in [3.05, 3.63) is 65.7 Å². The van der Waals surface area contributed by atoms with E-state index in [2.05, 4.69) is 15.5 Å². The molecule has 2 aromatic heterocycles. The lowest BCUT2D eigenvalue weighted by molar-refractivity contribution is -0.116. The normalized spacial score (nSPS) is 10.7. The summed E-state index contributed by atoms with van der Waals surface area (Å²) in [6.45, 7) is 2.98. The van der Waals surface area contributed by atoms with Crippen molar-refractivity contribution >= 4 is 17.6 Å². The molecule has 8 nitrogen and oxygen atoms in total. The number of hydrogen-bond donors (Lipinski definition) is 2. The largest absolute Gasteiger partial charge is 0.478 e. The summed E-state index contributed by atoms with van der Waals surface area (Å²) >= 11 is 0. The molecule has 134 valence electrons. The number of carboxylic acid groups (broad SMARTS) is 1. The van der Waals surface area contributed by atoms with Crippen LogP contribution in [-0.4, -0.2) is 36.5 Å². The maximum Gasteiger partial charge on any atom is 0.338 e. The Morgan fingerprint density at radius 1 is 1.12 bits per heavy atom. The Morgan fingerprint density at radius 2 is 1.88 bits per heavy atom. The summed E-state index contributed by atoms with van der Waals surface area (Å²) in [6, 6.07) is 8.07. The number of aromatic carboxylic acids is 1. The molecule has 0 spiro atoms. The fourth-order valence-electron chi connectivity index (χ4n) is 2.51. The molecular formula is C18H19N5O3. The van der Waals surface area contributed by atoms with Gasteiger partial charge >= 0.3 is 5.97 Å². The van der Waals surface area contributed by atoms with E-state index in [1.54, 1.807) is 17.1 Å². The first-order valence-corrected chi connectivity index (χ1v) is 8.14. The molecule has 26 heavy (non-hydrogen) atoms. The molecule has 1 amide bonds. The zero-order valence-electron chi connectivity index (χ0n) is 14.3. The predicted octanol–water partition coefficient (Wildman–Crippen LogP) is 2.16. The number of carbonyl (C=O) groups is 2. The van der Waals surface area contributed by atoms with Crippen molar-refractivity contribution in [2.75, 3.05) is 5.32 Å². The van der Waals surface area contributed by atoms with Gasteiger partial charge in [-0.2, -0.15) is 10.2 Å². The number of aryl methyl sites for hydroxylation is 2. The number of hydrogen-bond acceptors (Lipinski definition) is 4. The van der Waals surface area contributed by atoms with Gasteiger partial charge in [0, 0.05) is 25.4 Å². The van der Waals surface area contributed by atoms with Crippen LogP contribution in [-0.2, 0) is 17.9 Å². The smallest absolute Gasteiger partial charge is 0.338 e. The summed E-state index contributed by atoms with van der Waals surface area (Å²) in [5.41, 5.74) is 3.08. The molecule has 0 fully saturated rings. The highest BCUT2D eigenvalue weighted by Gasteiger charge is 2.09. The Kier molecular flexibility index (Phi) is 5.12. The second-order valence-corrected chi connectivity index (χ2v) is 5.95. The fraction of sp³-hybridized carbons (Fsp3) is 0.222. The van der Waals surface area contributed by atoms with E-state index >= 15 is 0 Å². The molecule has 3 rings (SSSR count). The van der Waals surface area contributed by atoms with Gasteiger partial charge in [0.1, 0.15) is 0 Å². The lowest BCUT2D eigenvalue weighted by Gasteiger charge is -2.05. The van der Waals surface area contributed by atoms with Crippen molar-refractivity contribution in [3.63, 3.8) is 0 Å². The van der Waals surface area contributed by atoms with Crippen LogP contribution in [0.2, 0.25) is 0 Å². The van der Waals surface area contributed by atoms with Crippen molar-refractivity contribution in [3.8, 4) is 0 Å². The predicted molar refractivity (Wildman–Crippen MR) is 94.9 cm³/mol. The highest BCUT2D eigenvalue weighted by Crippen LogP contribution is 2.11. The minimum Gasteiger partial charge on any atom is -0.478 e. The van der Waals surface area contributed by atoms with Gasteiger partial charge in [-0.1, -0.05) is 24.3 Å². The average Bonchev–Trinajstić information content (AvgIpc) is 3.25. The van der Waals surface area contributed by atoms with Crippen LogP contribution in [0.15, 0.2) is 49.1 Å². The van der Waals surface area contributed by atoms with E-state index in [9.17, 15) is 9.59 Å². The number of amides is 1. The van der Waals surface area contributed by atoms with Gasteiger partial charge < -0.3 is 10.4 Å². The van der Waals surface area contributed by atoms with Gasteiger partial charge in [0.2, 0.25) is 5.91 Å². The molecule has 0 bridgehead atoms. The van der Waals surface area contributed by atoms with Crippen molar-refractivity contribution in [2.45, 2.75) is 26.4 Å². The number of anilines is 1. The number of nitrogens with one attached hydrogen (secondary N) is 1. The van der Waals surface area contributed by atoms with Gasteiger partial charge in [-0.3, -0.25) is 14.2 Å². The van der Waals surface area contributed by atoms with E-state index < -0.39 is 5.97 Å². The van der Waals surface area contributed by atoms with Crippen LogP contribution in [0.5, 0.6) is 0 Å². The van der Waals surface area contributed by atoms with Crippen LogP contribution in [0.25, 0.3) is 0 Å². The Labute approximate surface area is 150 Å². The minimum absolute atomic E-state index is 0.0999. The van der Waals surface area contributed by atoms with Crippen molar-refractivity contribution < 1.29 is 14.7 Å². The summed E-state index contributed by atoms with van der Waals surface area (Å²) in [7, 11) is 0. The quantitative estimate of drug-likeness (QED) is 0.678. The average molecular weight is 353 g/mol. The van der Waals surface area contributed by atoms with Crippen LogP contribution >= 0.6 is 0 Å². The third-order valence-electron chi connectivity index (χ3n) is 3.96.